The SMILES string of the molecule is Cc1ccccc1C(NCCc1ccccc1)C(=O)O. The van der Waals surface area contributed by atoms with Crippen molar-refractivity contribution in [3.63, 3.8) is 0 Å². The Morgan fingerprint density at radius 2 is 1.75 bits per heavy atom. The number of hydrogen-bond acceptors (Lipinski definition) is 2. The summed E-state index contributed by atoms with van der Waals surface area (Å²) >= 11 is 0. The molecule has 0 radical (unpaired) electrons. The Hall–Kier alpha value is -2.13. The molecule has 2 rings (SSSR count). The van der Waals surface area contributed by atoms with Gasteiger partial charge in [-0.1, -0.05) is 54.6 Å². The predicted octanol–water partition coefficient (Wildman–Crippen LogP) is 2.95. The predicted molar refractivity (Wildman–Crippen MR) is 79.7 cm³/mol. The molecule has 0 aliphatic rings. The van der Waals surface area contributed by atoms with Crippen molar-refractivity contribution in [3.8, 4) is 0 Å². The highest BCUT2D eigenvalue weighted by atomic mass is 16.4. The van der Waals surface area contributed by atoms with Crippen molar-refractivity contribution in [1.29, 1.82) is 0 Å². The topological polar surface area (TPSA) is 49.3 Å². The van der Waals surface area contributed by atoms with Crippen molar-refractivity contribution >= 4 is 5.97 Å². The van der Waals surface area contributed by atoms with E-state index in [9.17, 15) is 9.90 Å². The summed E-state index contributed by atoms with van der Waals surface area (Å²) in [7, 11) is 0. The lowest BCUT2D eigenvalue weighted by atomic mass is 10.0. The average Bonchev–Trinajstić information content (AvgIpc) is 2.45. The van der Waals surface area contributed by atoms with Crippen LogP contribution in [-0.2, 0) is 11.2 Å². The van der Waals surface area contributed by atoms with Crippen LogP contribution in [0, 0.1) is 6.92 Å². The van der Waals surface area contributed by atoms with Crippen LogP contribution < -0.4 is 5.32 Å². The number of carboxylic acids is 1. The Labute approximate surface area is 119 Å². The smallest absolute Gasteiger partial charge is 0.325 e. The van der Waals surface area contributed by atoms with Gasteiger partial charge in [-0.05, 0) is 30.0 Å². The molecule has 1 unspecified atom stereocenters. The van der Waals surface area contributed by atoms with Gasteiger partial charge in [0.25, 0.3) is 0 Å². The molecular weight excluding hydrogens is 250 g/mol. The standard InChI is InChI=1S/C17H19NO2/c1-13-7-5-6-10-15(13)16(17(19)20)18-12-11-14-8-3-2-4-9-14/h2-10,16,18H,11-12H2,1H3,(H,19,20). The van der Waals surface area contributed by atoms with Crippen molar-refractivity contribution in [2.24, 2.45) is 0 Å². The summed E-state index contributed by atoms with van der Waals surface area (Å²) in [6, 6.07) is 17.0. The molecule has 0 aromatic heterocycles. The lowest BCUT2D eigenvalue weighted by molar-refractivity contribution is -0.139. The van der Waals surface area contributed by atoms with E-state index in [1.165, 1.54) is 5.56 Å². The average molecular weight is 269 g/mol. The van der Waals surface area contributed by atoms with E-state index in [0.717, 1.165) is 17.5 Å². The molecule has 0 saturated carbocycles. The number of carbonyl (C=O) groups is 1. The van der Waals surface area contributed by atoms with Gasteiger partial charge in [-0.25, -0.2) is 0 Å². The van der Waals surface area contributed by atoms with Crippen molar-refractivity contribution in [2.75, 3.05) is 6.54 Å². The van der Waals surface area contributed by atoms with E-state index in [2.05, 4.69) is 5.32 Å². The van der Waals surface area contributed by atoms with E-state index in [4.69, 9.17) is 0 Å². The monoisotopic (exact) mass is 269 g/mol. The fraction of sp³-hybridized carbons (Fsp3) is 0.235. The Morgan fingerprint density at radius 3 is 2.40 bits per heavy atom. The van der Waals surface area contributed by atoms with Crippen LogP contribution >= 0.6 is 0 Å². The van der Waals surface area contributed by atoms with Crippen molar-refractivity contribution in [3.05, 3.63) is 71.3 Å². The van der Waals surface area contributed by atoms with Crippen LogP contribution in [0.15, 0.2) is 54.6 Å². The van der Waals surface area contributed by atoms with Crippen molar-refractivity contribution in [1.82, 2.24) is 5.32 Å². The van der Waals surface area contributed by atoms with Crippen LogP contribution in [0.5, 0.6) is 0 Å². The number of benzene rings is 2. The molecule has 0 saturated heterocycles. The van der Waals surface area contributed by atoms with Gasteiger partial charge in [-0.15, -0.1) is 0 Å². The Kier molecular flexibility index (Phi) is 4.91. The number of hydrogen-bond donors (Lipinski definition) is 2. The maximum Gasteiger partial charge on any atom is 0.325 e. The Bertz CT molecular complexity index is 566. The largest absolute Gasteiger partial charge is 0.480 e. The highest BCUT2D eigenvalue weighted by molar-refractivity contribution is 5.76. The first-order valence-electron chi connectivity index (χ1n) is 6.74. The molecule has 2 aromatic carbocycles. The zero-order chi connectivity index (χ0) is 14.4. The third-order valence-corrected chi connectivity index (χ3v) is 3.35. The summed E-state index contributed by atoms with van der Waals surface area (Å²) in [6.07, 6.45) is 0.816. The number of carboxylic acid groups (broad SMARTS) is 1. The van der Waals surface area contributed by atoms with Gasteiger partial charge < -0.3 is 10.4 Å². The first-order valence-corrected chi connectivity index (χ1v) is 6.74. The summed E-state index contributed by atoms with van der Waals surface area (Å²) in [5.74, 6) is -0.840. The van der Waals surface area contributed by atoms with Crippen LogP contribution in [0.4, 0.5) is 0 Å². The summed E-state index contributed by atoms with van der Waals surface area (Å²) in [6.45, 7) is 2.57. The Morgan fingerprint density at radius 1 is 1.10 bits per heavy atom. The lowest BCUT2D eigenvalue weighted by Gasteiger charge is -2.17. The molecule has 2 aromatic rings. The summed E-state index contributed by atoms with van der Waals surface area (Å²) < 4.78 is 0. The van der Waals surface area contributed by atoms with Crippen LogP contribution in [0.2, 0.25) is 0 Å². The zero-order valence-corrected chi connectivity index (χ0v) is 11.5. The summed E-state index contributed by atoms with van der Waals surface area (Å²) in [5, 5.41) is 12.5. The van der Waals surface area contributed by atoms with Gasteiger partial charge in [0.1, 0.15) is 6.04 Å². The van der Waals surface area contributed by atoms with Crippen LogP contribution in [0.3, 0.4) is 0 Å². The van der Waals surface area contributed by atoms with E-state index >= 15 is 0 Å². The number of rotatable bonds is 6. The van der Waals surface area contributed by atoms with Gasteiger partial charge >= 0.3 is 5.97 Å². The molecule has 3 heteroatoms. The first-order chi connectivity index (χ1) is 9.68. The number of aliphatic carboxylic acids is 1. The molecule has 0 heterocycles. The molecule has 1 atom stereocenters. The molecular formula is C17H19NO2. The molecule has 0 fully saturated rings. The fourth-order valence-corrected chi connectivity index (χ4v) is 2.25. The van der Waals surface area contributed by atoms with E-state index in [1.54, 1.807) is 0 Å². The third-order valence-electron chi connectivity index (χ3n) is 3.35. The molecule has 0 aliphatic carbocycles. The highest BCUT2D eigenvalue weighted by Gasteiger charge is 2.20. The Balaban J connectivity index is 2.01. The quantitative estimate of drug-likeness (QED) is 0.847. The third kappa shape index (κ3) is 3.68. The minimum absolute atomic E-state index is 0.634. The van der Waals surface area contributed by atoms with Crippen molar-refractivity contribution < 1.29 is 9.90 Å². The number of aryl methyl sites for hydroxylation is 1. The second-order valence-corrected chi connectivity index (χ2v) is 4.82. The van der Waals surface area contributed by atoms with Gasteiger partial charge in [-0.2, -0.15) is 0 Å². The highest BCUT2D eigenvalue weighted by Crippen LogP contribution is 2.17. The van der Waals surface area contributed by atoms with E-state index in [-0.39, 0.29) is 0 Å². The molecule has 104 valence electrons. The fourth-order valence-electron chi connectivity index (χ4n) is 2.25. The maximum absolute atomic E-state index is 11.4. The van der Waals surface area contributed by atoms with E-state index in [1.807, 2.05) is 61.5 Å². The first kappa shape index (κ1) is 14.3. The summed E-state index contributed by atoms with van der Waals surface area (Å²) in [4.78, 5) is 11.4. The maximum atomic E-state index is 11.4. The normalized spacial score (nSPS) is 12.1. The van der Waals surface area contributed by atoms with Crippen LogP contribution in [0.25, 0.3) is 0 Å². The summed E-state index contributed by atoms with van der Waals surface area (Å²) in [5.41, 5.74) is 3.02. The van der Waals surface area contributed by atoms with Crippen molar-refractivity contribution in [2.45, 2.75) is 19.4 Å². The zero-order valence-electron chi connectivity index (χ0n) is 11.5. The number of nitrogens with one attached hydrogen (secondary N) is 1. The molecule has 0 aliphatic heterocycles. The van der Waals surface area contributed by atoms with Gasteiger partial charge in [0.05, 0.1) is 0 Å². The lowest BCUT2D eigenvalue weighted by Crippen LogP contribution is -2.30. The van der Waals surface area contributed by atoms with Gasteiger partial charge in [0.15, 0.2) is 0 Å². The molecule has 3 nitrogen and oxygen atoms in total. The molecule has 0 bridgehead atoms. The minimum Gasteiger partial charge on any atom is -0.480 e. The van der Waals surface area contributed by atoms with E-state index < -0.39 is 12.0 Å². The second kappa shape index (κ2) is 6.87. The molecule has 2 N–H and O–H groups in total. The van der Waals surface area contributed by atoms with Crippen LogP contribution in [-0.4, -0.2) is 17.6 Å². The minimum atomic E-state index is -0.840. The van der Waals surface area contributed by atoms with Gasteiger partial charge in [0.2, 0.25) is 0 Å². The second-order valence-electron chi connectivity index (χ2n) is 4.82. The van der Waals surface area contributed by atoms with Gasteiger partial charge in [-0.3, -0.25) is 4.79 Å². The molecule has 0 spiro atoms. The molecule has 0 amide bonds. The van der Waals surface area contributed by atoms with Gasteiger partial charge in [0, 0.05) is 6.54 Å². The van der Waals surface area contributed by atoms with Crippen LogP contribution in [0.1, 0.15) is 22.7 Å². The molecule has 20 heavy (non-hydrogen) atoms. The van der Waals surface area contributed by atoms with E-state index in [0.29, 0.717) is 6.54 Å².